The molecule has 0 bridgehead atoms. The maximum absolute atomic E-state index is 12.9. The third kappa shape index (κ3) is 3.54. The van der Waals surface area contributed by atoms with Crippen LogP contribution in [0.15, 0.2) is 18.5 Å². The Hall–Kier alpha value is -1.66. The molecule has 0 saturated carbocycles. The largest absolute Gasteiger partial charge is 0.494 e. The minimum Gasteiger partial charge on any atom is -0.494 e. The SMILES string of the molecule is COc1cnccc1C(=O)N1CCC2CN(C(C)C)CCOC2C1. The Bertz CT molecular complexity index is 578. The van der Waals surface area contributed by atoms with Crippen molar-refractivity contribution in [3.05, 3.63) is 24.0 Å². The van der Waals surface area contributed by atoms with E-state index in [1.165, 1.54) is 0 Å². The number of carbonyl (C=O) groups excluding carboxylic acids is 1. The van der Waals surface area contributed by atoms with Gasteiger partial charge >= 0.3 is 0 Å². The number of hydrogen-bond donors (Lipinski definition) is 0. The normalized spacial score (nSPS) is 25.2. The maximum Gasteiger partial charge on any atom is 0.257 e. The summed E-state index contributed by atoms with van der Waals surface area (Å²) in [5.41, 5.74) is 0.573. The fourth-order valence-electron chi connectivity index (χ4n) is 3.62. The highest BCUT2D eigenvalue weighted by Gasteiger charge is 2.36. The Kier molecular flexibility index (Phi) is 5.36. The van der Waals surface area contributed by atoms with Crippen molar-refractivity contribution in [1.82, 2.24) is 14.8 Å². The van der Waals surface area contributed by atoms with Crippen LogP contribution in [0.25, 0.3) is 0 Å². The monoisotopic (exact) mass is 333 g/mol. The number of hydrogen-bond acceptors (Lipinski definition) is 5. The van der Waals surface area contributed by atoms with E-state index >= 15 is 0 Å². The molecule has 132 valence electrons. The number of nitrogens with zero attached hydrogens (tertiary/aromatic N) is 3. The van der Waals surface area contributed by atoms with Gasteiger partial charge in [0, 0.05) is 44.3 Å². The fraction of sp³-hybridized carbons (Fsp3) is 0.667. The summed E-state index contributed by atoms with van der Waals surface area (Å²) in [5.74, 6) is 1.02. The molecule has 0 aliphatic carbocycles. The van der Waals surface area contributed by atoms with Crippen molar-refractivity contribution >= 4 is 5.91 Å². The van der Waals surface area contributed by atoms with E-state index in [0.29, 0.717) is 29.8 Å². The first kappa shape index (κ1) is 17.2. The molecule has 0 N–H and O–H groups in total. The highest BCUT2D eigenvalue weighted by Crippen LogP contribution is 2.27. The Labute approximate surface area is 143 Å². The molecule has 1 aromatic rings. The number of fused-ring (bicyclic) bond motifs is 1. The van der Waals surface area contributed by atoms with Gasteiger partial charge in [-0.25, -0.2) is 0 Å². The summed E-state index contributed by atoms with van der Waals surface area (Å²) in [6.45, 7) is 8.64. The van der Waals surface area contributed by atoms with Crippen LogP contribution in [0.2, 0.25) is 0 Å². The molecule has 2 atom stereocenters. The number of piperidine rings is 1. The number of aromatic nitrogens is 1. The van der Waals surface area contributed by atoms with Gasteiger partial charge in [0.05, 0.1) is 31.6 Å². The minimum atomic E-state index is 0.00117. The number of methoxy groups -OCH3 is 1. The van der Waals surface area contributed by atoms with Crippen molar-refractivity contribution < 1.29 is 14.3 Å². The molecule has 1 amide bonds. The molecule has 2 saturated heterocycles. The predicted molar refractivity (Wildman–Crippen MR) is 91.2 cm³/mol. The third-order valence-corrected chi connectivity index (χ3v) is 5.13. The molecule has 0 spiro atoms. The molecule has 2 aliphatic heterocycles. The molecular weight excluding hydrogens is 306 g/mol. The van der Waals surface area contributed by atoms with Crippen molar-refractivity contribution in [1.29, 1.82) is 0 Å². The lowest BCUT2D eigenvalue weighted by atomic mass is 9.92. The molecule has 24 heavy (non-hydrogen) atoms. The molecule has 3 heterocycles. The molecule has 1 aromatic heterocycles. The zero-order valence-corrected chi connectivity index (χ0v) is 14.8. The maximum atomic E-state index is 12.9. The number of ether oxygens (including phenoxy) is 2. The first-order valence-electron chi connectivity index (χ1n) is 8.73. The third-order valence-electron chi connectivity index (χ3n) is 5.13. The van der Waals surface area contributed by atoms with Crippen molar-refractivity contribution in [2.24, 2.45) is 5.92 Å². The van der Waals surface area contributed by atoms with E-state index in [9.17, 15) is 4.79 Å². The van der Waals surface area contributed by atoms with E-state index in [1.807, 2.05) is 4.90 Å². The molecule has 6 nitrogen and oxygen atoms in total. The summed E-state index contributed by atoms with van der Waals surface area (Å²) in [7, 11) is 1.56. The lowest BCUT2D eigenvalue weighted by Gasteiger charge is -2.38. The van der Waals surface area contributed by atoms with Crippen molar-refractivity contribution in [3.8, 4) is 5.75 Å². The summed E-state index contributed by atoms with van der Waals surface area (Å²) in [6, 6.07) is 2.26. The van der Waals surface area contributed by atoms with E-state index in [4.69, 9.17) is 9.47 Å². The van der Waals surface area contributed by atoms with E-state index in [0.717, 1.165) is 32.7 Å². The second kappa shape index (κ2) is 7.49. The first-order valence-corrected chi connectivity index (χ1v) is 8.73. The van der Waals surface area contributed by atoms with Gasteiger partial charge in [-0.1, -0.05) is 0 Å². The predicted octanol–water partition coefficient (Wildman–Crippen LogP) is 1.66. The van der Waals surface area contributed by atoms with Crippen LogP contribution >= 0.6 is 0 Å². The Balaban J connectivity index is 1.69. The Morgan fingerprint density at radius 1 is 1.38 bits per heavy atom. The number of rotatable bonds is 3. The molecule has 0 aromatic carbocycles. The zero-order valence-electron chi connectivity index (χ0n) is 14.8. The van der Waals surface area contributed by atoms with Crippen LogP contribution in [0.5, 0.6) is 5.75 Å². The van der Waals surface area contributed by atoms with Gasteiger partial charge in [-0.2, -0.15) is 0 Å². The highest BCUT2D eigenvalue weighted by atomic mass is 16.5. The smallest absolute Gasteiger partial charge is 0.257 e. The quantitative estimate of drug-likeness (QED) is 0.842. The van der Waals surface area contributed by atoms with E-state index in [-0.39, 0.29) is 12.0 Å². The summed E-state index contributed by atoms with van der Waals surface area (Å²) >= 11 is 0. The van der Waals surface area contributed by atoms with Crippen LogP contribution in [0.1, 0.15) is 30.6 Å². The number of pyridine rings is 1. The first-order chi connectivity index (χ1) is 11.6. The average molecular weight is 333 g/mol. The van der Waals surface area contributed by atoms with Crippen LogP contribution in [-0.2, 0) is 4.74 Å². The van der Waals surface area contributed by atoms with Crippen molar-refractivity contribution in [2.45, 2.75) is 32.4 Å². The number of likely N-dealkylation sites (tertiary alicyclic amines) is 1. The van der Waals surface area contributed by atoms with Crippen LogP contribution in [0.3, 0.4) is 0 Å². The molecular formula is C18H27N3O3. The van der Waals surface area contributed by atoms with E-state index in [2.05, 4.69) is 23.7 Å². The minimum absolute atomic E-state index is 0.00117. The topological polar surface area (TPSA) is 54.9 Å². The van der Waals surface area contributed by atoms with Gasteiger partial charge in [-0.15, -0.1) is 0 Å². The van der Waals surface area contributed by atoms with Gasteiger partial charge in [0.15, 0.2) is 0 Å². The van der Waals surface area contributed by atoms with Crippen LogP contribution in [0.4, 0.5) is 0 Å². The van der Waals surface area contributed by atoms with Gasteiger partial charge in [-0.05, 0) is 26.3 Å². The van der Waals surface area contributed by atoms with Gasteiger partial charge < -0.3 is 14.4 Å². The van der Waals surface area contributed by atoms with Crippen LogP contribution in [-0.4, -0.2) is 72.7 Å². The van der Waals surface area contributed by atoms with Crippen molar-refractivity contribution in [3.63, 3.8) is 0 Å². The second-order valence-electron chi connectivity index (χ2n) is 6.87. The summed E-state index contributed by atoms with van der Waals surface area (Å²) in [4.78, 5) is 21.3. The summed E-state index contributed by atoms with van der Waals surface area (Å²) in [6.07, 6.45) is 4.32. The fourth-order valence-corrected chi connectivity index (χ4v) is 3.62. The molecule has 2 aliphatic rings. The lowest BCUT2D eigenvalue weighted by molar-refractivity contribution is -0.0172. The standard InChI is InChI=1S/C18H27N3O3/c1-13(2)20-8-9-24-17-12-21(7-5-14(17)11-20)18(22)15-4-6-19-10-16(15)23-3/h4,6,10,13-14,17H,5,7-9,11-12H2,1-3H3. The second-order valence-corrected chi connectivity index (χ2v) is 6.87. The summed E-state index contributed by atoms with van der Waals surface area (Å²) in [5, 5.41) is 0. The molecule has 2 unspecified atom stereocenters. The van der Waals surface area contributed by atoms with Gasteiger partial charge in [0.2, 0.25) is 0 Å². The van der Waals surface area contributed by atoms with Gasteiger partial charge in [0.1, 0.15) is 5.75 Å². The van der Waals surface area contributed by atoms with E-state index in [1.54, 1.807) is 25.6 Å². The number of carbonyl (C=O) groups is 1. The summed E-state index contributed by atoms with van der Waals surface area (Å²) < 4.78 is 11.4. The molecule has 6 heteroatoms. The van der Waals surface area contributed by atoms with Gasteiger partial charge in [-0.3, -0.25) is 14.7 Å². The lowest BCUT2D eigenvalue weighted by Crippen LogP contribution is -2.49. The van der Waals surface area contributed by atoms with Crippen LogP contribution in [0, 0.1) is 5.92 Å². The highest BCUT2D eigenvalue weighted by molar-refractivity contribution is 5.96. The molecule has 0 radical (unpaired) electrons. The molecule has 2 fully saturated rings. The van der Waals surface area contributed by atoms with Gasteiger partial charge in [0.25, 0.3) is 5.91 Å². The molecule has 3 rings (SSSR count). The average Bonchev–Trinajstić information content (AvgIpc) is 2.82. The Morgan fingerprint density at radius 3 is 2.96 bits per heavy atom. The zero-order chi connectivity index (χ0) is 17.1. The Morgan fingerprint density at radius 2 is 2.21 bits per heavy atom. The van der Waals surface area contributed by atoms with Crippen LogP contribution < -0.4 is 4.74 Å². The van der Waals surface area contributed by atoms with Crippen molar-refractivity contribution in [2.75, 3.05) is 39.9 Å². The van der Waals surface area contributed by atoms with E-state index < -0.39 is 0 Å². The number of amides is 1.